The number of amides is 1. The summed E-state index contributed by atoms with van der Waals surface area (Å²) in [4.78, 5) is 11.8. The SMILES string of the molecule is Cc1ccc(-c2ccc(/C=N/NC(=O)Cc3ccccc3)o2)cc1Cl. The van der Waals surface area contributed by atoms with E-state index in [0.717, 1.165) is 16.7 Å². The third-order valence-electron chi connectivity index (χ3n) is 3.67. The first-order chi connectivity index (χ1) is 12.1. The molecule has 0 aliphatic carbocycles. The Labute approximate surface area is 151 Å². The predicted octanol–water partition coefficient (Wildman–Crippen LogP) is 4.60. The molecule has 25 heavy (non-hydrogen) atoms. The number of aryl methyl sites for hydroxylation is 1. The molecule has 126 valence electrons. The molecule has 4 nitrogen and oxygen atoms in total. The Morgan fingerprint density at radius 2 is 1.96 bits per heavy atom. The molecule has 0 atom stereocenters. The van der Waals surface area contributed by atoms with Crippen LogP contribution in [0.2, 0.25) is 5.02 Å². The first kappa shape index (κ1) is 17.0. The van der Waals surface area contributed by atoms with E-state index >= 15 is 0 Å². The minimum absolute atomic E-state index is 0.181. The molecule has 3 rings (SSSR count). The standard InChI is InChI=1S/C20H17ClN2O2/c1-14-7-8-16(12-18(14)21)19-10-9-17(25-19)13-22-23-20(24)11-15-5-3-2-4-6-15/h2-10,12-13H,11H2,1H3,(H,23,24)/b22-13+. The summed E-state index contributed by atoms with van der Waals surface area (Å²) >= 11 is 6.14. The van der Waals surface area contributed by atoms with Crippen LogP contribution >= 0.6 is 11.6 Å². The minimum atomic E-state index is -0.181. The van der Waals surface area contributed by atoms with Crippen LogP contribution in [-0.2, 0) is 11.2 Å². The van der Waals surface area contributed by atoms with Crippen LogP contribution in [0, 0.1) is 6.92 Å². The van der Waals surface area contributed by atoms with Crippen molar-refractivity contribution in [1.82, 2.24) is 5.43 Å². The van der Waals surface area contributed by atoms with Crippen LogP contribution in [0.1, 0.15) is 16.9 Å². The van der Waals surface area contributed by atoms with Gasteiger partial charge in [0.2, 0.25) is 5.91 Å². The Morgan fingerprint density at radius 1 is 1.16 bits per heavy atom. The van der Waals surface area contributed by atoms with Gasteiger partial charge in [-0.05, 0) is 36.2 Å². The largest absolute Gasteiger partial charge is 0.455 e. The lowest BCUT2D eigenvalue weighted by atomic mass is 10.1. The van der Waals surface area contributed by atoms with E-state index < -0.39 is 0 Å². The fourth-order valence-corrected chi connectivity index (χ4v) is 2.49. The minimum Gasteiger partial charge on any atom is -0.455 e. The summed E-state index contributed by atoms with van der Waals surface area (Å²) in [6, 6.07) is 18.9. The van der Waals surface area contributed by atoms with E-state index in [-0.39, 0.29) is 12.3 Å². The number of benzene rings is 2. The van der Waals surface area contributed by atoms with Crippen LogP contribution in [0.15, 0.2) is 70.2 Å². The van der Waals surface area contributed by atoms with Crippen LogP contribution in [-0.4, -0.2) is 12.1 Å². The zero-order chi connectivity index (χ0) is 17.6. The molecular formula is C20H17ClN2O2. The normalized spacial score (nSPS) is 11.0. The zero-order valence-electron chi connectivity index (χ0n) is 13.7. The highest BCUT2D eigenvalue weighted by Gasteiger charge is 2.06. The number of furan rings is 1. The van der Waals surface area contributed by atoms with Gasteiger partial charge in [-0.3, -0.25) is 4.79 Å². The van der Waals surface area contributed by atoms with Gasteiger partial charge in [0.1, 0.15) is 11.5 Å². The highest BCUT2D eigenvalue weighted by atomic mass is 35.5. The fraction of sp³-hybridized carbons (Fsp3) is 0.100. The smallest absolute Gasteiger partial charge is 0.244 e. The first-order valence-electron chi connectivity index (χ1n) is 7.84. The van der Waals surface area contributed by atoms with Gasteiger partial charge in [0.05, 0.1) is 12.6 Å². The summed E-state index contributed by atoms with van der Waals surface area (Å²) in [7, 11) is 0. The van der Waals surface area contributed by atoms with Gasteiger partial charge in [-0.2, -0.15) is 5.10 Å². The number of carbonyl (C=O) groups is 1. The molecule has 0 aliphatic rings. The monoisotopic (exact) mass is 352 g/mol. The van der Waals surface area contributed by atoms with Gasteiger partial charge < -0.3 is 4.42 Å². The molecule has 1 aromatic heterocycles. The third kappa shape index (κ3) is 4.58. The number of hydrogen-bond donors (Lipinski definition) is 1. The molecule has 5 heteroatoms. The van der Waals surface area contributed by atoms with Crippen molar-refractivity contribution in [3.63, 3.8) is 0 Å². The second-order valence-corrected chi connectivity index (χ2v) is 6.03. The zero-order valence-corrected chi connectivity index (χ0v) is 14.5. The van der Waals surface area contributed by atoms with Crippen molar-refractivity contribution in [2.45, 2.75) is 13.3 Å². The van der Waals surface area contributed by atoms with Crippen molar-refractivity contribution in [3.05, 3.63) is 82.6 Å². The molecule has 0 saturated heterocycles. The molecule has 0 unspecified atom stereocenters. The molecule has 0 radical (unpaired) electrons. The van der Waals surface area contributed by atoms with Gasteiger partial charge in [0.25, 0.3) is 0 Å². The Hall–Kier alpha value is -2.85. The van der Waals surface area contributed by atoms with Gasteiger partial charge in [0.15, 0.2) is 0 Å². The van der Waals surface area contributed by atoms with Gasteiger partial charge in [-0.25, -0.2) is 5.43 Å². The molecule has 0 bridgehead atoms. The highest BCUT2D eigenvalue weighted by molar-refractivity contribution is 6.31. The molecule has 3 aromatic rings. The lowest BCUT2D eigenvalue weighted by Gasteiger charge is -2.01. The van der Waals surface area contributed by atoms with Crippen LogP contribution in [0.25, 0.3) is 11.3 Å². The van der Waals surface area contributed by atoms with Crippen LogP contribution in [0.3, 0.4) is 0 Å². The molecule has 1 N–H and O–H groups in total. The number of hydrazone groups is 1. The van der Waals surface area contributed by atoms with Crippen molar-refractivity contribution in [2.75, 3.05) is 0 Å². The van der Waals surface area contributed by atoms with E-state index in [1.807, 2.05) is 61.5 Å². The summed E-state index contributed by atoms with van der Waals surface area (Å²) < 4.78 is 5.71. The lowest BCUT2D eigenvalue weighted by Crippen LogP contribution is -2.19. The van der Waals surface area contributed by atoms with Crippen molar-refractivity contribution < 1.29 is 9.21 Å². The Morgan fingerprint density at radius 3 is 2.72 bits per heavy atom. The fourth-order valence-electron chi connectivity index (χ4n) is 2.31. The molecule has 0 spiro atoms. The lowest BCUT2D eigenvalue weighted by molar-refractivity contribution is -0.120. The van der Waals surface area contributed by atoms with Gasteiger partial charge >= 0.3 is 0 Å². The van der Waals surface area contributed by atoms with Gasteiger partial charge in [0, 0.05) is 10.6 Å². The maximum Gasteiger partial charge on any atom is 0.244 e. The molecule has 1 amide bonds. The Bertz CT molecular complexity index is 901. The molecule has 0 aliphatic heterocycles. The average molecular weight is 353 g/mol. The van der Waals surface area contributed by atoms with Crippen LogP contribution < -0.4 is 5.43 Å². The number of carbonyl (C=O) groups excluding carboxylic acids is 1. The van der Waals surface area contributed by atoms with Gasteiger partial charge in [-0.1, -0.05) is 54.1 Å². The quantitative estimate of drug-likeness (QED) is 0.539. The summed E-state index contributed by atoms with van der Waals surface area (Å²) in [5, 5.41) is 4.62. The van der Waals surface area contributed by atoms with E-state index in [1.165, 1.54) is 6.21 Å². The van der Waals surface area contributed by atoms with Gasteiger partial charge in [-0.15, -0.1) is 0 Å². The number of halogens is 1. The van der Waals surface area contributed by atoms with E-state index in [4.69, 9.17) is 16.0 Å². The predicted molar refractivity (Wildman–Crippen MR) is 99.8 cm³/mol. The number of nitrogens with one attached hydrogen (secondary N) is 1. The third-order valence-corrected chi connectivity index (χ3v) is 4.08. The summed E-state index contributed by atoms with van der Waals surface area (Å²) in [5.41, 5.74) is 5.34. The van der Waals surface area contributed by atoms with E-state index in [9.17, 15) is 4.79 Å². The number of nitrogens with zero attached hydrogens (tertiary/aromatic N) is 1. The summed E-state index contributed by atoms with van der Waals surface area (Å²) in [5.74, 6) is 1.06. The first-order valence-corrected chi connectivity index (χ1v) is 8.22. The van der Waals surface area contributed by atoms with Crippen molar-refractivity contribution in [2.24, 2.45) is 5.10 Å². The van der Waals surface area contributed by atoms with Crippen LogP contribution in [0.5, 0.6) is 0 Å². The maximum absolute atomic E-state index is 11.8. The summed E-state index contributed by atoms with van der Waals surface area (Å²) in [6.07, 6.45) is 1.76. The van der Waals surface area contributed by atoms with Crippen molar-refractivity contribution in [1.29, 1.82) is 0 Å². The van der Waals surface area contributed by atoms with Crippen molar-refractivity contribution >= 4 is 23.7 Å². The molecule has 0 fully saturated rings. The molecule has 0 saturated carbocycles. The Kier molecular flexibility index (Phi) is 5.31. The topological polar surface area (TPSA) is 54.6 Å². The van der Waals surface area contributed by atoms with E-state index in [2.05, 4.69) is 10.5 Å². The maximum atomic E-state index is 11.8. The van der Waals surface area contributed by atoms with Crippen LogP contribution in [0.4, 0.5) is 0 Å². The van der Waals surface area contributed by atoms with Crippen molar-refractivity contribution in [3.8, 4) is 11.3 Å². The Balaban J connectivity index is 1.60. The molecule has 2 aromatic carbocycles. The van der Waals surface area contributed by atoms with E-state index in [0.29, 0.717) is 16.5 Å². The molecule has 1 heterocycles. The second kappa shape index (κ2) is 7.81. The summed E-state index contributed by atoms with van der Waals surface area (Å²) in [6.45, 7) is 1.95. The second-order valence-electron chi connectivity index (χ2n) is 5.62. The highest BCUT2D eigenvalue weighted by Crippen LogP contribution is 2.26. The van der Waals surface area contributed by atoms with E-state index in [1.54, 1.807) is 6.07 Å². The molecular weight excluding hydrogens is 336 g/mol. The number of rotatable bonds is 5. The average Bonchev–Trinajstić information content (AvgIpc) is 3.07. The number of hydrogen-bond acceptors (Lipinski definition) is 3.